The number of nitrogens with one attached hydrogen (secondary N) is 1. The van der Waals surface area contributed by atoms with Crippen molar-refractivity contribution < 1.29 is 22.5 Å². The number of nitro groups is 1. The Labute approximate surface area is 108 Å². The van der Waals surface area contributed by atoms with Crippen LogP contribution in [0.15, 0.2) is 18.2 Å². The maximum atomic E-state index is 13.4. The van der Waals surface area contributed by atoms with Gasteiger partial charge in [0.05, 0.1) is 10.6 Å². The van der Waals surface area contributed by atoms with Gasteiger partial charge in [-0.2, -0.15) is 0 Å². The van der Waals surface area contributed by atoms with Crippen LogP contribution < -0.4 is 5.32 Å². The van der Waals surface area contributed by atoms with E-state index in [9.17, 15) is 27.7 Å². The van der Waals surface area contributed by atoms with Gasteiger partial charge in [0.25, 0.3) is 5.69 Å². The molecule has 0 aliphatic heterocycles. The Balaban J connectivity index is 3.03. The lowest BCUT2D eigenvalue weighted by Crippen LogP contribution is -2.32. The smallest absolute Gasteiger partial charge is 0.271 e. The normalized spacial score (nSPS) is 12.8. The van der Waals surface area contributed by atoms with Crippen LogP contribution in [0.4, 0.5) is 15.8 Å². The Morgan fingerprint density at radius 3 is 2.53 bits per heavy atom. The summed E-state index contributed by atoms with van der Waals surface area (Å²) < 4.78 is 35.7. The van der Waals surface area contributed by atoms with Crippen LogP contribution in [0, 0.1) is 15.9 Å². The number of anilines is 1. The van der Waals surface area contributed by atoms with E-state index in [4.69, 9.17) is 0 Å². The van der Waals surface area contributed by atoms with E-state index in [1.807, 2.05) is 5.32 Å². The molecule has 1 unspecified atom stereocenters. The summed E-state index contributed by atoms with van der Waals surface area (Å²) in [6, 6.07) is 2.58. The molecule has 0 heterocycles. The first-order valence-electron chi connectivity index (χ1n) is 5.06. The molecule has 0 radical (unpaired) electrons. The number of sulfone groups is 1. The van der Waals surface area contributed by atoms with E-state index in [-0.39, 0.29) is 0 Å². The highest BCUT2D eigenvalue weighted by atomic mass is 32.2. The molecular formula is C10H11FN2O5S. The fourth-order valence-corrected chi connectivity index (χ4v) is 1.60. The van der Waals surface area contributed by atoms with E-state index >= 15 is 0 Å². The average Bonchev–Trinajstić information content (AvgIpc) is 2.29. The molecule has 1 aromatic carbocycles. The van der Waals surface area contributed by atoms with Gasteiger partial charge in [-0.15, -0.1) is 0 Å². The van der Waals surface area contributed by atoms with Gasteiger partial charge < -0.3 is 5.32 Å². The lowest BCUT2D eigenvalue weighted by molar-refractivity contribution is -0.384. The van der Waals surface area contributed by atoms with Crippen molar-refractivity contribution in [1.82, 2.24) is 0 Å². The van der Waals surface area contributed by atoms with E-state index in [0.717, 1.165) is 31.4 Å². The van der Waals surface area contributed by atoms with E-state index in [1.165, 1.54) is 0 Å². The molecule has 0 saturated carbocycles. The standard InChI is InChI=1S/C10H11FN2O5S/c1-6(19(2,17)18)10(14)12-9-5-7(13(15)16)3-4-8(9)11/h3-6H,1-2H3,(H,12,14). The van der Waals surface area contributed by atoms with E-state index < -0.39 is 43.1 Å². The Morgan fingerprint density at radius 1 is 1.47 bits per heavy atom. The third kappa shape index (κ3) is 3.71. The number of nitrogens with zero attached hydrogens (tertiary/aromatic N) is 1. The number of halogens is 1. The average molecular weight is 290 g/mol. The third-order valence-corrected chi connectivity index (χ3v) is 3.93. The van der Waals surface area contributed by atoms with Crippen molar-refractivity contribution >= 4 is 27.1 Å². The van der Waals surface area contributed by atoms with Crippen molar-refractivity contribution in [1.29, 1.82) is 0 Å². The highest BCUT2D eigenvalue weighted by molar-refractivity contribution is 7.92. The molecule has 0 bridgehead atoms. The Hall–Kier alpha value is -2.03. The van der Waals surface area contributed by atoms with Gasteiger partial charge in [0, 0.05) is 18.4 Å². The minimum absolute atomic E-state index is 0.413. The molecule has 104 valence electrons. The van der Waals surface area contributed by atoms with E-state index in [0.29, 0.717) is 0 Å². The topological polar surface area (TPSA) is 106 Å². The molecule has 1 N–H and O–H groups in total. The second-order valence-electron chi connectivity index (χ2n) is 3.88. The fourth-order valence-electron chi connectivity index (χ4n) is 1.15. The zero-order valence-corrected chi connectivity index (χ0v) is 10.9. The number of carbonyl (C=O) groups excluding carboxylic acids is 1. The Bertz CT molecular complexity index is 629. The van der Waals surface area contributed by atoms with Crippen LogP contribution in [-0.2, 0) is 14.6 Å². The first kappa shape index (κ1) is 15.0. The quantitative estimate of drug-likeness (QED) is 0.660. The Kier molecular flexibility index (Phi) is 4.20. The van der Waals surface area contributed by atoms with Crippen LogP contribution in [-0.4, -0.2) is 30.8 Å². The van der Waals surface area contributed by atoms with Crippen molar-refractivity contribution in [3.8, 4) is 0 Å². The molecule has 1 aromatic rings. The monoisotopic (exact) mass is 290 g/mol. The molecule has 0 fully saturated rings. The first-order valence-corrected chi connectivity index (χ1v) is 7.02. The lowest BCUT2D eigenvalue weighted by Gasteiger charge is -2.10. The fraction of sp³-hybridized carbons (Fsp3) is 0.300. The van der Waals surface area contributed by atoms with Gasteiger partial charge in [-0.25, -0.2) is 12.8 Å². The number of hydrogen-bond acceptors (Lipinski definition) is 5. The van der Waals surface area contributed by atoms with Crippen molar-refractivity contribution in [3.63, 3.8) is 0 Å². The molecule has 0 aliphatic carbocycles. The predicted octanol–water partition coefficient (Wildman–Crippen LogP) is 1.11. The van der Waals surface area contributed by atoms with E-state index in [1.54, 1.807) is 0 Å². The molecule has 0 aliphatic rings. The molecule has 9 heteroatoms. The van der Waals surface area contributed by atoms with Crippen LogP contribution in [0.2, 0.25) is 0 Å². The minimum atomic E-state index is -3.63. The number of carbonyl (C=O) groups is 1. The lowest BCUT2D eigenvalue weighted by atomic mass is 10.2. The second-order valence-corrected chi connectivity index (χ2v) is 6.25. The van der Waals surface area contributed by atoms with Crippen molar-refractivity contribution in [3.05, 3.63) is 34.1 Å². The summed E-state index contributed by atoms with van der Waals surface area (Å²) in [5.74, 6) is -1.85. The SMILES string of the molecule is CC(C(=O)Nc1cc([N+](=O)[O-])ccc1F)S(C)(=O)=O. The molecule has 1 rings (SSSR count). The van der Waals surface area contributed by atoms with E-state index in [2.05, 4.69) is 0 Å². The van der Waals surface area contributed by atoms with Crippen LogP contribution in [0.1, 0.15) is 6.92 Å². The molecule has 7 nitrogen and oxygen atoms in total. The van der Waals surface area contributed by atoms with Gasteiger partial charge in [0.1, 0.15) is 11.1 Å². The zero-order valence-electron chi connectivity index (χ0n) is 10.1. The molecular weight excluding hydrogens is 279 g/mol. The summed E-state index contributed by atoms with van der Waals surface area (Å²) in [4.78, 5) is 21.3. The summed E-state index contributed by atoms with van der Waals surface area (Å²) in [5.41, 5.74) is -0.849. The highest BCUT2D eigenvalue weighted by Crippen LogP contribution is 2.21. The molecule has 0 aromatic heterocycles. The van der Waals surface area contributed by atoms with Gasteiger partial charge in [0.2, 0.25) is 5.91 Å². The second kappa shape index (κ2) is 5.31. The van der Waals surface area contributed by atoms with Crippen LogP contribution in [0.3, 0.4) is 0 Å². The summed E-state index contributed by atoms with van der Waals surface area (Å²) in [5, 5.41) is 11.1. The van der Waals surface area contributed by atoms with Gasteiger partial charge >= 0.3 is 0 Å². The van der Waals surface area contributed by atoms with Gasteiger partial charge in [0.15, 0.2) is 9.84 Å². The number of hydrogen-bond donors (Lipinski definition) is 1. The summed E-state index contributed by atoms with van der Waals surface area (Å²) in [7, 11) is -3.63. The number of amides is 1. The molecule has 19 heavy (non-hydrogen) atoms. The molecule has 1 atom stereocenters. The molecule has 0 spiro atoms. The maximum absolute atomic E-state index is 13.4. The Morgan fingerprint density at radius 2 is 2.05 bits per heavy atom. The number of non-ortho nitro benzene ring substituents is 1. The van der Waals surface area contributed by atoms with Crippen molar-refractivity contribution in [2.24, 2.45) is 0 Å². The van der Waals surface area contributed by atoms with Gasteiger partial charge in [-0.05, 0) is 13.0 Å². The maximum Gasteiger partial charge on any atom is 0.271 e. The van der Waals surface area contributed by atoms with Crippen molar-refractivity contribution in [2.45, 2.75) is 12.2 Å². The van der Waals surface area contributed by atoms with Gasteiger partial charge in [-0.1, -0.05) is 0 Å². The molecule has 0 saturated heterocycles. The summed E-state index contributed by atoms with van der Waals surface area (Å²) >= 11 is 0. The van der Waals surface area contributed by atoms with Crippen LogP contribution in [0.25, 0.3) is 0 Å². The summed E-state index contributed by atoms with van der Waals surface area (Å²) in [6.45, 7) is 1.14. The van der Waals surface area contributed by atoms with Gasteiger partial charge in [-0.3, -0.25) is 14.9 Å². The highest BCUT2D eigenvalue weighted by Gasteiger charge is 2.24. The largest absolute Gasteiger partial charge is 0.322 e. The first-order chi connectivity index (χ1) is 8.62. The number of benzene rings is 1. The molecule has 1 amide bonds. The summed E-state index contributed by atoms with van der Waals surface area (Å²) in [6.07, 6.45) is 0.862. The van der Waals surface area contributed by atoms with Crippen LogP contribution in [0.5, 0.6) is 0 Å². The zero-order chi connectivity index (χ0) is 14.8. The number of nitro benzene ring substituents is 1. The predicted molar refractivity (Wildman–Crippen MR) is 66.0 cm³/mol. The third-order valence-electron chi connectivity index (χ3n) is 2.43. The van der Waals surface area contributed by atoms with Crippen molar-refractivity contribution in [2.75, 3.05) is 11.6 Å². The minimum Gasteiger partial charge on any atom is -0.322 e. The number of rotatable bonds is 4. The van der Waals surface area contributed by atoms with Crippen LogP contribution >= 0.6 is 0 Å².